The van der Waals surface area contributed by atoms with Crippen LogP contribution in [-0.2, 0) is 14.3 Å². The highest BCUT2D eigenvalue weighted by atomic mass is 16.5. The largest absolute Gasteiger partial charge is 0.466 e. The number of carbonyl (C=O) groups excluding carboxylic acids is 2. The van der Waals surface area contributed by atoms with Gasteiger partial charge < -0.3 is 20.3 Å². The van der Waals surface area contributed by atoms with E-state index in [1.165, 1.54) is 257 Å². The third-order valence-corrected chi connectivity index (χ3v) is 14.6. The number of esters is 1. The lowest BCUT2D eigenvalue weighted by Crippen LogP contribution is -2.45. The highest BCUT2D eigenvalue weighted by Crippen LogP contribution is 2.17. The first kappa shape index (κ1) is 69.8. The zero-order chi connectivity index (χ0) is 52.2. The second-order valence-corrected chi connectivity index (χ2v) is 21.7. The van der Waals surface area contributed by atoms with Gasteiger partial charge in [-0.25, -0.2) is 0 Å². The van der Waals surface area contributed by atoms with Crippen molar-refractivity contribution in [3.8, 4) is 0 Å². The lowest BCUT2D eigenvalue weighted by atomic mass is 10.0. The lowest BCUT2D eigenvalue weighted by molar-refractivity contribution is -0.143. The van der Waals surface area contributed by atoms with Gasteiger partial charge in [0.05, 0.1) is 25.4 Å². The molecule has 0 bridgehead atoms. The molecule has 0 heterocycles. The van der Waals surface area contributed by atoms with Crippen LogP contribution in [0.2, 0.25) is 0 Å². The van der Waals surface area contributed by atoms with Crippen LogP contribution in [0.4, 0.5) is 0 Å². The van der Waals surface area contributed by atoms with Gasteiger partial charge >= 0.3 is 5.97 Å². The Kier molecular flexibility index (Phi) is 59.5. The summed E-state index contributed by atoms with van der Waals surface area (Å²) in [4.78, 5) is 24.5. The SMILES string of the molecule is CCCC/C=C\CCCCCCCC(=O)OCCCCCCCCCCC/C=C\C/C=C\CCCCCCCCCCCCCCCC(=O)NC(CO)C(O)/C=C/CCCCCCCCCCCCCCC. The number of rotatable bonds is 59. The first-order valence-corrected chi connectivity index (χ1v) is 31.9. The van der Waals surface area contributed by atoms with E-state index in [1.807, 2.05) is 6.08 Å². The second kappa shape index (κ2) is 61.4. The van der Waals surface area contributed by atoms with E-state index in [9.17, 15) is 19.8 Å². The maximum absolute atomic E-state index is 12.5. The molecule has 1 amide bonds. The number of aliphatic hydroxyl groups excluding tert-OH is 2. The molecule has 0 spiro atoms. The van der Waals surface area contributed by atoms with Gasteiger partial charge in [0.1, 0.15) is 0 Å². The van der Waals surface area contributed by atoms with E-state index in [-0.39, 0.29) is 18.5 Å². The molecule has 422 valence electrons. The third kappa shape index (κ3) is 57.1. The van der Waals surface area contributed by atoms with E-state index in [4.69, 9.17) is 4.74 Å². The summed E-state index contributed by atoms with van der Waals surface area (Å²) in [6, 6.07) is -0.629. The Balaban J connectivity index is 3.43. The van der Waals surface area contributed by atoms with Crippen LogP contribution in [0.1, 0.15) is 335 Å². The minimum Gasteiger partial charge on any atom is -0.466 e. The van der Waals surface area contributed by atoms with E-state index in [0.29, 0.717) is 19.4 Å². The third-order valence-electron chi connectivity index (χ3n) is 14.6. The van der Waals surface area contributed by atoms with Gasteiger partial charge in [0, 0.05) is 12.8 Å². The number of hydrogen-bond acceptors (Lipinski definition) is 5. The molecule has 0 radical (unpaired) electrons. The number of allylic oxidation sites excluding steroid dienone is 7. The van der Waals surface area contributed by atoms with Crippen molar-refractivity contribution in [2.24, 2.45) is 0 Å². The number of nitrogens with one attached hydrogen (secondary N) is 1. The Morgan fingerprint density at radius 3 is 1.11 bits per heavy atom. The van der Waals surface area contributed by atoms with Crippen molar-refractivity contribution in [1.29, 1.82) is 0 Å². The molecular formula is C66H123NO5. The molecule has 0 aliphatic carbocycles. The molecule has 0 aromatic carbocycles. The Hall–Kier alpha value is -2.18. The normalized spacial score (nSPS) is 12.9. The van der Waals surface area contributed by atoms with Crippen LogP contribution in [0, 0.1) is 0 Å². The molecule has 72 heavy (non-hydrogen) atoms. The highest BCUT2D eigenvalue weighted by Gasteiger charge is 2.18. The van der Waals surface area contributed by atoms with Crippen molar-refractivity contribution in [2.45, 2.75) is 347 Å². The minimum atomic E-state index is -0.845. The topological polar surface area (TPSA) is 95.9 Å². The van der Waals surface area contributed by atoms with Crippen LogP contribution in [0.15, 0.2) is 48.6 Å². The Morgan fingerprint density at radius 1 is 0.389 bits per heavy atom. The number of ether oxygens (including phenoxy) is 1. The summed E-state index contributed by atoms with van der Waals surface area (Å²) in [5, 5.41) is 23.1. The monoisotopic (exact) mass is 1010 g/mol. The van der Waals surface area contributed by atoms with Gasteiger partial charge in [-0.05, 0) is 83.5 Å². The predicted octanol–water partition coefficient (Wildman–Crippen LogP) is 20.1. The van der Waals surface area contributed by atoms with Gasteiger partial charge in [0.2, 0.25) is 5.91 Å². The van der Waals surface area contributed by atoms with Gasteiger partial charge in [-0.3, -0.25) is 9.59 Å². The number of aliphatic hydroxyl groups is 2. The van der Waals surface area contributed by atoms with Gasteiger partial charge in [0.15, 0.2) is 0 Å². The van der Waals surface area contributed by atoms with E-state index >= 15 is 0 Å². The zero-order valence-corrected chi connectivity index (χ0v) is 48.2. The maximum atomic E-state index is 12.5. The van der Waals surface area contributed by atoms with Crippen molar-refractivity contribution >= 4 is 11.9 Å². The first-order valence-electron chi connectivity index (χ1n) is 31.9. The number of unbranched alkanes of at least 4 members (excludes halogenated alkanes) is 42. The van der Waals surface area contributed by atoms with Gasteiger partial charge in [-0.1, -0.05) is 287 Å². The van der Waals surface area contributed by atoms with Crippen LogP contribution in [-0.4, -0.2) is 47.4 Å². The average molecular weight is 1010 g/mol. The van der Waals surface area contributed by atoms with Crippen molar-refractivity contribution in [2.75, 3.05) is 13.2 Å². The predicted molar refractivity (Wildman–Crippen MR) is 315 cm³/mol. The van der Waals surface area contributed by atoms with Crippen LogP contribution in [0.5, 0.6) is 0 Å². The fraction of sp³-hybridized carbons (Fsp3) is 0.848. The quantitative estimate of drug-likeness (QED) is 0.0320. The molecule has 0 aliphatic heterocycles. The van der Waals surface area contributed by atoms with E-state index in [0.717, 1.165) is 51.4 Å². The molecule has 0 fully saturated rings. The maximum Gasteiger partial charge on any atom is 0.305 e. The van der Waals surface area contributed by atoms with E-state index in [2.05, 4.69) is 55.6 Å². The fourth-order valence-electron chi connectivity index (χ4n) is 9.65. The molecule has 0 saturated carbocycles. The van der Waals surface area contributed by atoms with Crippen LogP contribution in [0.25, 0.3) is 0 Å². The lowest BCUT2D eigenvalue weighted by Gasteiger charge is -2.20. The summed E-state index contributed by atoms with van der Waals surface area (Å²) in [5.74, 6) is -0.0679. The summed E-state index contributed by atoms with van der Waals surface area (Å²) < 4.78 is 5.46. The minimum absolute atomic E-state index is 0.000203. The van der Waals surface area contributed by atoms with Gasteiger partial charge in [0.25, 0.3) is 0 Å². The van der Waals surface area contributed by atoms with Crippen molar-refractivity contribution < 1.29 is 24.5 Å². The number of amides is 1. The standard InChI is InChI=1S/C66H123NO5/c1-3-5-7-9-11-13-15-16-32-35-39-42-46-50-54-58-64(69)63(62-68)67-65(70)59-55-51-47-43-40-36-33-30-28-26-24-22-20-18-17-19-21-23-25-27-29-31-34-37-41-45-49-53-57-61-72-66(71)60-56-52-48-44-38-14-12-10-8-6-4-2/h10,12,17,19,23,25,54,58,63-64,68-69H,3-9,11,13-16,18,20-22,24,26-53,55-57,59-62H2,1-2H3,(H,67,70)/b12-10-,19-17-,25-23-,58-54+. The summed E-state index contributed by atoms with van der Waals surface area (Å²) >= 11 is 0. The second-order valence-electron chi connectivity index (χ2n) is 21.7. The molecule has 6 nitrogen and oxygen atoms in total. The molecule has 0 aromatic heterocycles. The Morgan fingerprint density at radius 2 is 0.708 bits per heavy atom. The summed E-state index contributed by atoms with van der Waals surface area (Å²) in [6.45, 7) is 4.87. The van der Waals surface area contributed by atoms with Crippen molar-refractivity contribution in [3.05, 3.63) is 48.6 Å². The molecule has 2 unspecified atom stereocenters. The summed E-state index contributed by atoms with van der Waals surface area (Å²) in [7, 11) is 0. The molecule has 0 aliphatic rings. The molecule has 2 atom stereocenters. The average Bonchev–Trinajstić information content (AvgIpc) is 3.38. The van der Waals surface area contributed by atoms with Gasteiger partial charge in [-0.2, -0.15) is 0 Å². The molecule has 3 N–H and O–H groups in total. The van der Waals surface area contributed by atoms with Gasteiger partial charge in [-0.15, -0.1) is 0 Å². The number of carbonyl (C=O) groups is 2. The first-order chi connectivity index (χ1) is 35.5. The van der Waals surface area contributed by atoms with Crippen LogP contribution < -0.4 is 5.32 Å². The molecule has 6 heteroatoms. The van der Waals surface area contributed by atoms with Crippen LogP contribution >= 0.6 is 0 Å². The van der Waals surface area contributed by atoms with E-state index < -0.39 is 12.1 Å². The summed E-state index contributed by atoms with van der Waals surface area (Å²) in [5.41, 5.74) is 0. The van der Waals surface area contributed by atoms with Crippen molar-refractivity contribution in [3.63, 3.8) is 0 Å². The zero-order valence-electron chi connectivity index (χ0n) is 48.2. The Labute approximate surface area is 448 Å². The van der Waals surface area contributed by atoms with Crippen LogP contribution in [0.3, 0.4) is 0 Å². The Bertz CT molecular complexity index is 1210. The molecule has 0 rings (SSSR count). The smallest absolute Gasteiger partial charge is 0.305 e. The highest BCUT2D eigenvalue weighted by molar-refractivity contribution is 5.76. The molecule has 0 aromatic rings. The van der Waals surface area contributed by atoms with E-state index in [1.54, 1.807) is 6.08 Å². The van der Waals surface area contributed by atoms with Crippen molar-refractivity contribution in [1.82, 2.24) is 5.32 Å². The summed E-state index contributed by atoms with van der Waals surface area (Å²) in [6.07, 6.45) is 78.8. The number of hydrogen-bond donors (Lipinski definition) is 3. The molecular weight excluding hydrogens is 887 g/mol. The molecule has 0 saturated heterocycles. The fourth-order valence-corrected chi connectivity index (χ4v) is 9.65.